The van der Waals surface area contributed by atoms with Crippen LogP contribution in [0.3, 0.4) is 0 Å². The quantitative estimate of drug-likeness (QED) is 0.616. The van der Waals surface area contributed by atoms with Crippen LogP contribution in [0, 0.1) is 0 Å². The largest absolute Gasteiger partial charge is 0.453 e. The minimum absolute atomic E-state index is 0.218. The number of rotatable bonds is 5. The van der Waals surface area contributed by atoms with E-state index in [1.165, 1.54) is 0 Å². The van der Waals surface area contributed by atoms with Gasteiger partial charge in [-0.1, -0.05) is 54.6 Å². The van der Waals surface area contributed by atoms with E-state index in [-0.39, 0.29) is 5.78 Å². The molecule has 0 aromatic heterocycles. The third-order valence-electron chi connectivity index (χ3n) is 3.14. The monoisotopic (exact) mass is 268 g/mol. The van der Waals surface area contributed by atoms with Gasteiger partial charge in [0.25, 0.3) is 6.47 Å². The first-order chi connectivity index (χ1) is 9.54. The van der Waals surface area contributed by atoms with Crippen molar-refractivity contribution in [1.82, 2.24) is 0 Å². The van der Waals surface area contributed by atoms with Crippen LogP contribution in [0.25, 0.3) is 11.1 Å². The second-order valence-corrected chi connectivity index (χ2v) is 5.00. The summed E-state index contributed by atoms with van der Waals surface area (Å²) in [5.41, 5.74) is 1.51. The highest BCUT2D eigenvalue weighted by molar-refractivity contribution is 6.02. The SMILES string of the molecule is CC(C)(OC=O)C(=O)c1ccc(-c2ccccc2)cc1. The van der Waals surface area contributed by atoms with Crippen LogP contribution in [0.4, 0.5) is 0 Å². The number of benzene rings is 2. The zero-order chi connectivity index (χ0) is 14.6. The molecule has 2 aromatic rings. The predicted molar refractivity (Wildman–Crippen MR) is 77.4 cm³/mol. The van der Waals surface area contributed by atoms with E-state index in [0.717, 1.165) is 11.1 Å². The summed E-state index contributed by atoms with van der Waals surface area (Å²) in [6.45, 7) is 3.46. The van der Waals surface area contributed by atoms with Gasteiger partial charge in [0.15, 0.2) is 5.60 Å². The summed E-state index contributed by atoms with van der Waals surface area (Å²) in [7, 11) is 0. The van der Waals surface area contributed by atoms with Crippen molar-refractivity contribution in [2.45, 2.75) is 19.4 Å². The number of hydrogen-bond donors (Lipinski definition) is 0. The highest BCUT2D eigenvalue weighted by Gasteiger charge is 2.30. The maximum Gasteiger partial charge on any atom is 0.294 e. The molecule has 0 saturated carbocycles. The zero-order valence-electron chi connectivity index (χ0n) is 11.5. The Morgan fingerprint density at radius 1 is 0.950 bits per heavy atom. The van der Waals surface area contributed by atoms with E-state index in [1.807, 2.05) is 42.5 Å². The van der Waals surface area contributed by atoms with Gasteiger partial charge >= 0.3 is 0 Å². The van der Waals surface area contributed by atoms with E-state index in [4.69, 9.17) is 4.74 Å². The molecular formula is C17H16O3. The highest BCUT2D eigenvalue weighted by atomic mass is 16.5. The fourth-order valence-electron chi connectivity index (χ4n) is 1.97. The predicted octanol–water partition coefficient (Wildman–Crippen LogP) is 3.49. The first kappa shape index (κ1) is 14.0. The molecular weight excluding hydrogens is 252 g/mol. The highest BCUT2D eigenvalue weighted by Crippen LogP contribution is 2.22. The minimum atomic E-state index is -1.14. The van der Waals surface area contributed by atoms with Crippen molar-refractivity contribution in [3.05, 3.63) is 60.2 Å². The van der Waals surface area contributed by atoms with Gasteiger partial charge in [-0.3, -0.25) is 9.59 Å². The Balaban J connectivity index is 2.25. The van der Waals surface area contributed by atoms with Crippen molar-refractivity contribution in [3.63, 3.8) is 0 Å². The van der Waals surface area contributed by atoms with Gasteiger partial charge in [-0.25, -0.2) is 0 Å². The van der Waals surface area contributed by atoms with Gasteiger partial charge in [-0.2, -0.15) is 0 Å². The van der Waals surface area contributed by atoms with Crippen molar-refractivity contribution in [1.29, 1.82) is 0 Å². The molecule has 0 aliphatic rings. The van der Waals surface area contributed by atoms with E-state index in [9.17, 15) is 9.59 Å². The number of ketones is 1. The van der Waals surface area contributed by atoms with Gasteiger partial charge < -0.3 is 4.74 Å². The maximum absolute atomic E-state index is 12.2. The molecule has 102 valence electrons. The van der Waals surface area contributed by atoms with Crippen LogP contribution in [-0.2, 0) is 9.53 Å². The lowest BCUT2D eigenvalue weighted by Gasteiger charge is -2.20. The molecule has 0 N–H and O–H groups in total. The topological polar surface area (TPSA) is 43.4 Å². The first-order valence-electron chi connectivity index (χ1n) is 6.36. The summed E-state index contributed by atoms with van der Waals surface area (Å²) < 4.78 is 4.83. The van der Waals surface area contributed by atoms with Crippen LogP contribution in [0.5, 0.6) is 0 Å². The Hall–Kier alpha value is -2.42. The van der Waals surface area contributed by atoms with Crippen LogP contribution in [0.15, 0.2) is 54.6 Å². The first-order valence-corrected chi connectivity index (χ1v) is 6.36. The molecule has 0 spiro atoms. The number of carbonyl (C=O) groups excluding carboxylic acids is 2. The van der Waals surface area contributed by atoms with Crippen molar-refractivity contribution < 1.29 is 14.3 Å². The van der Waals surface area contributed by atoms with Crippen LogP contribution >= 0.6 is 0 Å². The van der Waals surface area contributed by atoms with Gasteiger partial charge in [0.05, 0.1) is 0 Å². The molecule has 0 unspecified atom stereocenters. The molecule has 0 radical (unpaired) electrons. The van der Waals surface area contributed by atoms with Crippen molar-refractivity contribution >= 4 is 12.3 Å². The standard InChI is InChI=1S/C17H16O3/c1-17(2,20-12-18)16(19)15-10-8-14(9-11-15)13-6-4-3-5-7-13/h3-12H,1-2H3. The third-order valence-corrected chi connectivity index (χ3v) is 3.14. The molecule has 0 heterocycles. The minimum Gasteiger partial charge on any atom is -0.453 e. The molecule has 0 aliphatic heterocycles. The lowest BCUT2D eigenvalue weighted by Crippen LogP contribution is -2.34. The van der Waals surface area contributed by atoms with Gasteiger partial charge in [0, 0.05) is 5.56 Å². The zero-order valence-corrected chi connectivity index (χ0v) is 11.5. The van der Waals surface area contributed by atoms with E-state index in [1.54, 1.807) is 26.0 Å². The average molecular weight is 268 g/mol. The third kappa shape index (κ3) is 2.94. The molecule has 0 atom stereocenters. The normalized spacial score (nSPS) is 10.9. The average Bonchev–Trinajstić information content (AvgIpc) is 2.47. The van der Waals surface area contributed by atoms with Gasteiger partial charge in [0.2, 0.25) is 5.78 Å². The molecule has 2 rings (SSSR count). The van der Waals surface area contributed by atoms with E-state index >= 15 is 0 Å². The van der Waals surface area contributed by atoms with E-state index < -0.39 is 5.60 Å². The molecule has 3 nitrogen and oxygen atoms in total. The lowest BCUT2D eigenvalue weighted by atomic mass is 9.95. The molecule has 0 saturated heterocycles. The van der Waals surface area contributed by atoms with Crippen LogP contribution < -0.4 is 0 Å². The number of hydrogen-bond acceptors (Lipinski definition) is 3. The Morgan fingerprint density at radius 2 is 1.50 bits per heavy atom. The second kappa shape index (κ2) is 5.70. The summed E-state index contributed by atoms with van der Waals surface area (Å²) in [5.74, 6) is -0.218. The summed E-state index contributed by atoms with van der Waals surface area (Å²) in [4.78, 5) is 22.6. The molecule has 0 amide bonds. The Kier molecular flexibility index (Phi) is 3.99. The number of Topliss-reactive ketones (excluding diaryl/α,β-unsaturated/α-hetero) is 1. The molecule has 0 fully saturated rings. The fraction of sp³-hybridized carbons (Fsp3) is 0.176. The Bertz CT molecular complexity index is 598. The molecule has 0 aliphatic carbocycles. The van der Waals surface area contributed by atoms with Crippen molar-refractivity contribution in [2.75, 3.05) is 0 Å². The molecule has 2 aromatic carbocycles. The fourth-order valence-corrected chi connectivity index (χ4v) is 1.97. The van der Waals surface area contributed by atoms with Crippen molar-refractivity contribution in [3.8, 4) is 11.1 Å². The summed E-state index contributed by atoms with van der Waals surface area (Å²) in [6.07, 6.45) is 0. The second-order valence-electron chi connectivity index (χ2n) is 5.00. The molecule has 0 bridgehead atoms. The summed E-state index contributed by atoms with van der Waals surface area (Å²) >= 11 is 0. The van der Waals surface area contributed by atoms with Gasteiger partial charge in [-0.05, 0) is 25.0 Å². The Labute approximate surface area is 118 Å². The number of ether oxygens (including phenoxy) is 1. The molecule has 20 heavy (non-hydrogen) atoms. The van der Waals surface area contributed by atoms with Crippen molar-refractivity contribution in [2.24, 2.45) is 0 Å². The van der Waals surface area contributed by atoms with Gasteiger partial charge in [-0.15, -0.1) is 0 Å². The van der Waals surface area contributed by atoms with E-state index in [2.05, 4.69) is 0 Å². The summed E-state index contributed by atoms with van der Waals surface area (Å²) in [6, 6.07) is 17.2. The molecule has 3 heteroatoms. The lowest BCUT2D eigenvalue weighted by molar-refractivity contribution is -0.136. The van der Waals surface area contributed by atoms with Crippen LogP contribution in [-0.4, -0.2) is 17.9 Å². The van der Waals surface area contributed by atoms with Crippen LogP contribution in [0.1, 0.15) is 24.2 Å². The Morgan fingerprint density at radius 3 is 2.05 bits per heavy atom. The maximum atomic E-state index is 12.2. The van der Waals surface area contributed by atoms with E-state index in [0.29, 0.717) is 12.0 Å². The number of carbonyl (C=O) groups is 2. The summed E-state index contributed by atoms with van der Waals surface area (Å²) in [5, 5.41) is 0. The van der Waals surface area contributed by atoms with Gasteiger partial charge in [0.1, 0.15) is 0 Å². The van der Waals surface area contributed by atoms with Crippen LogP contribution in [0.2, 0.25) is 0 Å². The smallest absolute Gasteiger partial charge is 0.294 e.